The lowest BCUT2D eigenvalue weighted by Crippen LogP contribution is -2.48. The molecule has 0 aromatic heterocycles. The zero-order chi connectivity index (χ0) is 13.1. The first-order valence-electron chi connectivity index (χ1n) is 6.47. The van der Waals surface area contributed by atoms with E-state index in [4.69, 9.17) is 5.73 Å². The number of carbonyl (C=O) groups excluding carboxylic acids is 3. The molecule has 2 heterocycles. The number of hydrogen-bond donors (Lipinski definition) is 1. The second-order valence-electron chi connectivity index (χ2n) is 4.97. The summed E-state index contributed by atoms with van der Waals surface area (Å²) in [5, 5.41) is 0. The average Bonchev–Trinajstić information content (AvgIpc) is 2.91. The zero-order valence-electron chi connectivity index (χ0n) is 10.4. The van der Waals surface area contributed by atoms with Crippen LogP contribution in [0, 0.1) is 5.92 Å². The van der Waals surface area contributed by atoms with E-state index < -0.39 is 11.8 Å². The number of rotatable bonds is 1. The lowest BCUT2D eigenvalue weighted by Gasteiger charge is -2.31. The fourth-order valence-corrected chi connectivity index (χ4v) is 2.56. The van der Waals surface area contributed by atoms with Crippen LogP contribution < -0.4 is 5.73 Å². The molecule has 2 aliphatic rings. The molecular formula is C12H19N3O3. The number of hydrogen-bond acceptors (Lipinski definition) is 3. The van der Waals surface area contributed by atoms with E-state index in [1.165, 1.54) is 0 Å². The van der Waals surface area contributed by atoms with E-state index in [0.717, 1.165) is 12.8 Å². The van der Waals surface area contributed by atoms with Crippen LogP contribution >= 0.6 is 0 Å². The number of carbonyl (C=O) groups is 3. The van der Waals surface area contributed by atoms with Crippen molar-refractivity contribution in [3.63, 3.8) is 0 Å². The highest BCUT2D eigenvalue weighted by Crippen LogP contribution is 2.17. The van der Waals surface area contributed by atoms with E-state index in [0.29, 0.717) is 39.0 Å². The van der Waals surface area contributed by atoms with Crippen molar-refractivity contribution in [1.29, 1.82) is 0 Å². The number of likely N-dealkylation sites (tertiary alicyclic amines) is 2. The van der Waals surface area contributed by atoms with E-state index in [1.54, 1.807) is 9.80 Å². The van der Waals surface area contributed by atoms with Gasteiger partial charge in [-0.3, -0.25) is 14.4 Å². The summed E-state index contributed by atoms with van der Waals surface area (Å²) in [6, 6.07) is 0. The molecule has 0 spiro atoms. The summed E-state index contributed by atoms with van der Waals surface area (Å²) in [4.78, 5) is 38.1. The minimum atomic E-state index is -0.431. The van der Waals surface area contributed by atoms with Gasteiger partial charge < -0.3 is 15.5 Å². The van der Waals surface area contributed by atoms with Crippen molar-refractivity contribution in [2.24, 2.45) is 11.7 Å². The zero-order valence-corrected chi connectivity index (χ0v) is 10.4. The van der Waals surface area contributed by atoms with E-state index in [1.807, 2.05) is 0 Å². The molecule has 0 saturated carbocycles. The van der Waals surface area contributed by atoms with Crippen LogP contribution in [-0.2, 0) is 14.4 Å². The van der Waals surface area contributed by atoms with Crippen LogP contribution in [0.25, 0.3) is 0 Å². The van der Waals surface area contributed by atoms with E-state index in [9.17, 15) is 14.4 Å². The molecule has 2 fully saturated rings. The first-order valence-corrected chi connectivity index (χ1v) is 6.47. The van der Waals surface area contributed by atoms with Crippen LogP contribution in [0.1, 0.15) is 25.7 Å². The smallest absolute Gasteiger partial charge is 0.312 e. The summed E-state index contributed by atoms with van der Waals surface area (Å²) in [6.45, 7) is 2.27. The molecule has 6 heteroatoms. The van der Waals surface area contributed by atoms with Gasteiger partial charge in [0, 0.05) is 32.1 Å². The Morgan fingerprint density at radius 1 is 0.833 bits per heavy atom. The minimum Gasteiger partial charge on any atom is -0.369 e. The maximum atomic E-state index is 12.0. The van der Waals surface area contributed by atoms with Gasteiger partial charge in [0.15, 0.2) is 0 Å². The predicted molar refractivity (Wildman–Crippen MR) is 64.3 cm³/mol. The molecule has 0 unspecified atom stereocenters. The van der Waals surface area contributed by atoms with Crippen LogP contribution in [-0.4, -0.2) is 53.7 Å². The Kier molecular flexibility index (Phi) is 3.84. The Morgan fingerprint density at radius 2 is 1.28 bits per heavy atom. The van der Waals surface area contributed by atoms with Gasteiger partial charge in [0.25, 0.3) is 0 Å². The van der Waals surface area contributed by atoms with Crippen LogP contribution in [0.3, 0.4) is 0 Å². The van der Waals surface area contributed by atoms with Crippen molar-refractivity contribution in [3.05, 3.63) is 0 Å². The molecule has 100 valence electrons. The number of amides is 3. The summed E-state index contributed by atoms with van der Waals surface area (Å²) >= 11 is 0. The van der Waals surface area contributed by atoms with Gasteiger partial charge in [-0.25, -0.2) is 0 Å². The molecule has 6 nitrogen and oxygen atoms in total. The number of piperidine rings is 1. The maximum Gasteiger partial charge on any atom is 0.312 e. The topological polar surface area (TPSA) is 83.7 Å². The van der Waals surface area contributed by atoms with Gasteiger partial charge in [-0.1, -0.05) is 0 Å². The van der Waals surface area contributed by atoms with Gasteiger partial charge in [-0.2, -0.15) is 0 Å². The fraction of sp³-hybridized carbons (Fsp3) is 0.750. The predicted octanol–water partition coefficient (Wildman–Crippen LogP) is -0.667. The minimum absolute atomic E-state index is 0.157. The van der Waals surface area contributed by atoms with Gasteiger partial charge in [-0.15, -0.1) is 0 Å². The lowest BCUT2D eigenvalue weighted by atomic mass is 9.96. The molecule has 18 heavy (non-hydrogen) atoms. The third-order valence-electron chi connectivity index (χ3n) is 3.76. The second kappa shape index (κ2) is 5.37. The molecule has 0 aliphatic carbocycles. The van der Waals surface area contributed by atoms with Crippen molar-refractivity contribution >= 4 is 17.7 Å². The maximum absolute atomic E-state index is 12.0. The normalized spacial score (nSPS) is 21.1. The molecule has 3 amide bonds. The molecule has 0 atom stereocenters. The largest absolute Gasteiger partial charge is 0.369 e. The molecular weight excluding hydrogens is 234 g/mol. The standard InChI is InChI=1S/C12H19N3O3/c13-10(16)9-3-7-15(8-4-9)12(18)11(17)14-5-1-2-6-14/h9H,1-8H2,(H2,13,16). The van der Waals surface area contributed by atoms with Gasteiger partial charge in [-0.05, 0) is 25.7 Å². The van der Waals surface area contributed by atoms with Crippen LogP contribution in [0.5, 0.6) is 0 Å². The van der Waals surface area contributed by atoms with Gasteiger partial charge in [0.2, 0.25) is 5.91 Å². The molecule has 2 aliphatic heterocycles. The molecule has 0 aromatic rings. The molecule has 2 saturated heterocycles. The van der Waals surface area contributed by atoms with E-state index in [-0.39, 0.29) is 11.8 Å². The average molecular weight is 253 g/mol. The summed E-state index contributed by atoms with van der Waals surface area (Å²) in [5.74, 6) is -1.30. The Hall–Kier alpha value is -1.59. The highest BCUT2D eigenvalue weighted by atomic mass is 16.2. The van der Waals surface area contributed by atoms with E-state index >= 15 is 0 Å². The monoisotopic (exact) mass is 253 g/mol. The first-order chi connectivity index (χ1) is 8.59. The molecule has 0 radical (unpaired) electrons. The van der Waals surface area contributed by atoms with Crippen LogP contribution in [0.4, 0.5) is 0 Å². The van der Waals surface area contributed by atoms with Crippen molar-refractivity contribution < 1.29 is 14.4 Å². The van der Waals surface area contributed by atoms with Crippen LogP contribution in [0.15, 0.2) is 0 Å². The molecule has 2 rings (SSSR count). The SMILES string of the molecule is NC(=O)C1CCN(C(=O)C(=O)N2CCCC2)CC1. The highest BCUT2D eigenvalue weighted by molar-refractivity contribution is 6.34. The molecule has 2 N–H and O–H groups in total. The van der Waals surface area contributed by atoms with Gasteiger partial charge >= 0.3 is 11.8 Å². The Labute approximate surface area is 106 Å². The van der Waals surface area contributed by atoms with Gasteiger partial charge in [0.05, 0.1) is 0 Å². The molecule has 0 bridgehead atoms. The fourth-order valence-electron chi connectivity index (χ4n) is 2.56. The summed E-state index contributed by atoms with van der Waals surface area (Å²) in [6.07, 6.45) is 3.08. The van der Waals surface area contributed by atoms with Crippen molar-refractivity contribution in [3.8, 4) is 0 Å². The first kappa shape index (κ1) is 12.9. The number of primary amides is 1. The molecule has 0 aromatic carbocycles. The number of nitrogens with two attached hydrogens (primary N) is 1. The highest BCUT2D eigenvalue weighted by Gasteiger charge is 2.32. The van der Waals surface area contributed by atoms with E-state index in [2.05, 4.69) is 0 Å². The van der Waals surface area contributed by atoms with Crippen LogP contribution in [0.2, 0.25) is 0 Å². The van der Waals surface area contributed by atoms with Crippen molar-refractivity contribution in [2.75, 3.05) is 26.2 Å². The Morgan fingerprint density at radius 3 is 1.72 bits per heavy atom. The third-order valence-corrected chi connectivity index (χ3v) is 3.76. The number of nitrogens with zero attached hydrogens (tertiary/aromatic N) is 2. The summed E-state index contributed by atoms with van der Waals surface area (Å²) < 4.78 is 0. The second-order valence-corrected chi connectivity index (χ2v) is 4.97. The van der Waals surface area contributed by atoms with Crippen molar-refractivity contribution in [1.82, 2.24) is 9.80 Å². The summed E-state index contributed by atoms with van der Waals surface area (Å²) in [5.41, 5.74) is 5.23. The Bertz CT molecular complexity index is 356. The van der Waals surface area contributed by atoms with Crippen molar-refractivity contribution in [2.45, 2.75) is 25.7 Å². The lowest BCUT2D eigenvalue weighted by molar-refractivity contribution is -0.152. The van der Waals surface area contributed by atoms with Gasteiger partial charge in [0.1, 0.15) is 0 Å². The summed E-state index contributed by atoms with van der Waals surface area (Å²) in [7, 11) is 0. The quantitative estimate of drug-likeness (QED) is 0.629. The third kappa shape index (κ3) is 2.63. The Balaban J connectivity index is 1.87.